The lowest BCUT2D eigenvalue weighted by molar-refractivity contribution is 0.0600. The molecule has 22 heavy (non-hydrogen) atoms. The third kappa shape index (κ3) is 3.43. The van der Waals surface area contributed by atoms with Crippen LogP contribution in [0.2, 0.25) is 5.02 Å². The Labute approximate surface area is 132 Å². The normalized spacial score (nSPS) is 9.68. The predicted molar refractivity (Wildman–Crippen MR) is 81.9 cm³/mol. The van der Waals surface area contributed by atoms with Gasteiger partial charge in [0.05, 0.1) is 35.0 Å². The van der Waals surface area contributed by atoms with Gasteiger partial charge in [-0.1, -0.05) is 11.6 Å². The van der Waals surface area contributed by atoms with E-state index in [4.69, 9.17) is 16.9 Å². The molecule has 0 aliphatic rings. The van der Waals surface area contributed by atoms with Crippen molar-refractivity contribution in [3.05, 3.63) is 64.2 Å². The van der Waals surface area contributed by atoms with Gasteiger partial charge in [0.2, 0.25) is 0 Å². The van der Waals surface area contributed by atoms with Crippen molar-refractivity contribution in [1.29, 1.82) is 5.26 Å². The number of nitrogens with zero attached hydrogens (tertiary/aromatic N) is 1. The van der Waals surface area contributed by atoms with Crippen molar-refractivity contribution in [2.24, 2.45) is 0 Å². The van der Waals surface area contributed by atoms with E-state index >= 15 is 0 Å². The zero-order valence-corrected chi connectivity index (χ0v) is 12.3. The van der Waals surface area contributed by atoms with Crippen LogP contribution in [0.25, 0.3) is 0 Å². The molecule has 2 rings (SSSR count). The van der Waals surface area contributed by atoms with Crippen molar-refractivity contribution in [1.82, 2.24) is 0 Å². The molecule has 0 bridgehead atoms. The van der Waals surface area contributed by atoms with Crippen molar-refractivity contribution in [2.45, 2.75) is 0 Å². The summed E-state index contributed by atoms with van der Waals surface area (Å²) in [6.45, 7) is 0. The fraction of sp³-hybridized carbons (Fsp3) is 0.0625. The molecule has 0 unspecified atom stereocenters. The smallest absolute Gasteiger partial charge is 0.337 e. The molecule has 2 aromatic carbocycles. The molecule has 0 aromatic heterocycles. The van der Waals surface area contributed by atoms with Gasteiger partial charge in [-0.05, 0) is 42.5 Å². The first-order valence-corrected chi connectivity index (χ1v) is 6.62. The summed E-state index contributed by atoms with van der Waals surface area (Å²) in [6.07, 6.45) is 0. The van der Waals surface area contributed by atoms with Gasteiger partial charge in [0, 0.05) is 5.56 Å². The maximum absolute atomic E-state index is 12.1. The monoisotopic (exact) mass is 314 g/mol. The van der Waals surface area contributed by atoms with Crippen molar-refractivity contribution in [2.75, 3.05) is 12.4 Å². The van der Waals surface area contributed by atoms with E-state index < -0.39 is 11.9 Å². The number of hydrogen-bond donors (Lipinski definition) is 1. The van der Waals surface area contributed by atoms with Gasteiger partial charge in [-0.25, -0.2) is 4.79 Å². The van der Waals surface area contributed by atoms with Crippen LogP contribution in [0.15, 0.2) is 42.5 Å². The lowest BCUT2D eigenvalue weighted by Gasteiger charge is -2.09. The molecule has 1 N–H and O–H groups in total. The Balaban J connectivity index is 2.23. The third-order valence-corrected chi connectivity index (χ3v) is 3.24. The first-order chi connectivity index (χ1) is 10.5. The Morgan fingerprint density at radius 3 is 2.36 bits per heavy atom. The SMILES string of the molecule is COC(=O)c1ccc(Cl)c(NC(=O)c2ccc(C#N)cc2)c1. The summed E-state index contributed by atoms with van der Waals surface area (Å²) in [7, 11) is 1.27. The molecule has 0 atom stereocenters. The van der Waals surface area contributed by atoms with Gasteiger partial charge in [0.1, 0.15) is 0 Å². The van der Waals surface area contributed by atoms with E-state index in [-0.39, 0.29) is 5.56 Å². The summed E-state index contributed by atoms with van der Waals surface area (Å²) in [5, 5.41) is 11.7. The minimum absolute atomic E-state index is 0.280. The molecule has 0 saturated heterocycles. The van der Waals surface area contributed by atoms with E-state index in [9.17, 15) is 9.59 Å². The minimum atomic E-state index is -0.523. The second-order valence-corrected chi connectivity index (χ2v) is 4.74. The van der Waals surface area contributed by atoms with E-state index in [0.29, 0.717) is 21.8 Å². The maximum atomic E-state index is 12.1. The summed E-state index contributed by atoms with van der Waals surface area (Å²) in [6, 6.07) is 12.6. The average molecular weight is 315 g/mol. The molecular formula is C16H11ClN2O3. The number of methoxy groups -OCH3 is 1. The maximum Gasteiger partial charge on any atom is 0.337 e. The molecular weight excluding hydrogens is 304 g/mol. The molecule has 0 aliphatic carbocycles. The Kier molecular flexibility index (Phi) is 4.77. The van der Waals surface area contributed by atoms with Crippen LogP contribution < -0.4 is 5.32 Å². The fourth-order valence-electron chi connectivity index (χ4n) is 1.76. The zero-order chi connectivity index (χ0) is 16.1. The number of nitriles is 1. The van der Waals surface area contributed by atoms with Gasteiger partial charge in [0.15, 0.2) is 0 Å². The van der Waals surface area contributed by atoms with Crippen LogP contribution >= 0.6 is 11.6 Å². The number of rotatable bonds is 3. The molecule has 0 fully saturated rings. The standard InChI is InChI=1S/C16H11ClN2O3/c1-22-16(21)12-6-7-13(17)14(8-12)19-15(20)11-4-2-10(9-18)3-5-11/h2-8H,1H3,(H,19,20). The molecule has 0 heterocycles. The topological polar surface area (TPSA) is 79.2 Å². The highest BCUT2D eigenvalue weighted by atomic mass is 35.5. The van der Waals surface area contributed by atoms with E-state index in [1.165, 1.54) is 37.4 Å². The van der Waals surface area contributed by atoms with E-state index in [1.54, 1.807) is 12.1 Å². The number of hydrogen-bond acceptors (Lipinski definition) is 4. The highest BCUT2D eigenvalue weighted by Crippen LogP contribution is 2.24. The quantitative estimate of drug-likeness (QED) is 0.882. The van der Waals surface area contributed by atoms with Crippen LogP contribution in [-0.4, -0.2) is 19.0 Å². The van der Waals surface area contributed by atoms with Gasteiger partial charge in [0.25, 0.3) is 5.91 Å². The highest BCUT2D eigenvalue weighted by Gasteiger charge is 2.12. The average Bonchev–Trinajstić information content (AvgIpc) is 2.56. The van der Waals surface area contributed by atoms with Crippen molar-refractivity contribution >= 4 is 29.2 Å². The molecule has 110 valence electrons. The summed E-state index contributed by atoms with van der Waals surface area (Å²) < 4.78 is 4.62. The number of carbonyl (C=O) groups is 2. The van der Waals surface area contributed by atoms with Gasteiger partial charge < -0.3 is 10.1 Å². The number of carbonyl (C=O) groups excluding carboxylic acids is 2. The van der Waals surface area contributed by atoms with Gasteiger partial charge in [-0.3, -0.25) is 4.79 Å². The Bertz CT molecular complexity index is 764. The van der Waals surface area contributed by atoms with Crippen LogP contribution in [0.3, 0.4) is 0 Å². The Morgan fingerprint density at radius 2 is 1.77 bits per heavy atom. The summed E-state index contributed by atoms with van der Waals surface area (Å²) >= 11 is 6.01. The first-order valence-electron chi connectivity index (χ1n) is 6.24. The van der Waals surface area contributed by atoms with Crippen LogP contribution in [0, 0.1) is 11.3 Å². The fourth-order valence-corrected chi connectivity index (χ4v) is 1.92. The number of benzene rings is 2. The molecule has 6 heteroatoms. The number of ether oxygens (including phenoxy) is 1. The van der Waals surface area contributed by atoms with Gasteiger partial charge >= 0.3 is 5.97 Å². The first kappa shape index (κ1) is 15.5. The van der Waals surface area contributed by atoms with Crippen LogP contribution in [0.5, 0.6) is 0 Å². The second-order valence-electron chi connectivity index (χ2n) is 4.33. The molecule has 5 nitrogen and oxygen atoms in total. The van der Waals surface area contributed by atoms with Crippen LogP contribution in [-0.2, 0) is 4.74 Å². The van der Waals surface area contributed by atoms with E-state index in [1.807, 2.05) is 6.07 Å². The third-order valence-electron chi connectivity index (χ3n) is 2.91. The highest BCUT2D eigenvalue weighted by molar-refractivity contribution is 6.34. The van der Waals surface area contributed by atoms with Crippen molar-refractivity contribution in [3.8, 4) is 6.07 Å². The van der Waals surface area contributed by atoms with Gasteiger partial charge in [-0.15, -0.1) is 0 Å². The number of esters is 1. The second kappa shape index (κ2) is 6.74. The van der Waals surface area contributed by atoms with Gasteiger partial charge in [-0.2, -0.15) is 5.26 Å². The minimum Gasteiger partial charge on any atom is -0.465 e. The number of nitrogens with one attached hydrogen (secondary N) is 1. The summed E-state index contributed by atoms with van der Waals surface area (Å²) in [5.74, 6) is -0.918. The van der Waals surface area contributed by atoms with Crippen molar-refractivity contribution < 1.29 is 14.3 Å². The Morgan fingerprint density at radius 1 is 1.14 bits per heavy atom. The number of amides is 1. The molecule has 0 saturated carbocycles. The Hall–Kier alpha value is -2.84. The van der Waals surface area contributed by atoms with Crippen LogP contribution in [0.4, 0.5) is 5.69 Å². The lowest BCUT2D eigenvalue weighted by atomic mass is 10.1. The van der Waals surface area contributed by atoms with E-state index in [0.717, 1.165) is 0 Å². The van der Waals surface area contributed by atoms with E-state index in [2.05, 4.69) is 10.1 Å². The number of anilines is 1. The summed E-state index contributed by atoms with van der Waals surface area (Å²) in [4.78, 5) is 23.6. The summed E-state index contributed by atoms with van der Waals surface area (Å²) in [5.41, 5.74) is 1.42. The lowest BCUT2D eigenvalue weighted by Crippen LogP contribution is -2.13. The van der Waals surface area contributed by atoms with Crippen molar-refractivity contribution in [3.63, 3.8) is 0 Å². The molecule has 0 spiro atoms. The largest absolute Gasteiger partial charge is 0.465 e. The molecule has 0 aliphatic heterocycles. The zero-order valence-electron chi connectivity index (χ0n) is 11.6. The van der Waals surface area contributed by atoms with Crippen LogP contribution in [0.1, 0.15) is 26.3 Å². The predicted octanol–water partition coefficient (Wildman–Crippen LogP) is 3.25. The molecule has 1 amide bonds. The molecule has 0 radical (unpaired) electrons. The molecule has 2 aromatic rings. The number of halogens is 1.